The number of amides is 1. The van der Waals surface area contributed by atoms with Gasteiger partial charge in [-0.25, -0.2) is 4.39 Å². The Labute approximate surface area is 213 Å². The molecular formula is C31H35FN2O2. The Balaban J connectivity index is 1.37. The lowest BCUT2D eigenvalue weighted by molar-refractivity contribution is -0.0850. The van der Waals surface area contributed by atoms with E-state index in [9.17, 15) is 14.3 Å². The average molecular weight is 487 g/mol. The van der Waals surface area contributed by atoms with Crippen molar-refractivity contribution >= 4 is 11.6 Å². The van der Waals surface area contributed by atoms with Crippen molar-refractivity contribution in [3.05, 3.63) is 101 Å². The first-order valence-electron chi connectivity index (χ1n) is 13.1. The summed E-state index contributed by atoms with van der Waals surface area (Å²) in [6, 6.07) is 24.1. The molecule has 0 spiro atoms. The van der Waals surface area contributed by atoms with Gasteiger partial charge in [-0.3, -0.25) is 9.69 Å². The molecule has 1 aliphatic carbocycles. The number of hydrogen-bond donors (Lipinski definition) is 1. The summed E-state index contributed by atoms with van der Waals surface area (Å²) in [6.45, 7) is 3.68. The number of likely N-dealkylation sites (tertiary alicyclic amines) is 1. The molecule has 1 amide bonds. The van der Waals surface area contributed by atoms with Gasteiger partial charge in [0, 0.05) is 36.4 Å². The molecule has 0 radical (unpaired) electrons. The van der Waals surface area contributed by atoms with Crippen LogP contribution in [0.25, 0.3) is 0 Å². The summed E-state index contributed by atoms with van der Waals surface area (Å²) in [5.74, 6) is -0.448. The molecule has 0 aromatic heterocycles. The number of carbonyl (C=O) groups is 1. The molecule has 1 saturated heterocycles. The first-order valence-corrected chi connectivity index (χ1v) is 13.1. The van der Waals surface area contributed by atoms with Crippen LogP contribution in [0.15, 0.2) is 78.9 Å². The van der Waals surface area contributed by atoms with Crippen LogP contribution in [-0.2, 0) is 5.60 Å². The minimum absolute atomic E-state index is 0.0370. The van der Waals surface area contributed by atoms with Gasteiger partial charge in [0.15, 0.2) is 0 Å². The van der Waals surface area contributed by atoms with Crippen molar-refractivity contribution in [2.24, 2.45) is 0 Å². The smallest absolute Gasteiger partial charge is 0.258 e. The molecule has 3 aromatic carbocycles. The van der Waals surface area contributed by atoms with E-state index in [1.54, 1.807) is 12.1 Å². The van der Waals surface area contributed by atoms with Crippen molar-refractivity contribution in [1.82, 2.24) is 4.90 Å². The van der Waals surface area contributed by atoms with Crippen LogP contribution in [0.5, 0.6) is 0 Å². The first kappa shape index (κ1) is 24.7. The zero-order chi connectivity index (χ0) is 25.1. The van der Waals surface area contributed by atoms with Gasteiger partial charge in [0.1, 0.15) is 11.4 Å². The number of rotatable bonds is 5. The third-order valence-corrected chi connectivity index (χ3v) is 8.04. The molecule has 188 valence electrons. The normalized spacial score (nSPS) is 23.4. The molecule has 1 saturated carbocycles. The molecule has 2 fully saturated rings. The van der Waals surface area contributed by atoms with Gasteiger partial charge in [0.05, 0.1) is 0 Å². The highest BCUT2D eigenvalue weighted by molar-refractivity contribution is 6.06. The van der Waals surface area contributed by atoms with Gasteiger partial charge in [-0.15, -0.1) is 0 Å². The predicted molar refractivity (Wildman–Crippen MR) is 142 cm³/mol. The van der Waals surface area contributed by atoms with Gasteiger partial charge < -0.3 is 10.0 Å². The van der Waals surface area contributed by atoms with Crippen LogP contribution < -0.4 is 4.90 Å². The number of anilines is 1. The van der Waals surface area contributed by atoms with Crippen LogP contribution in [-0.4, -0.2) is 41.1 Å². The summed E-state index contributed by atoms with van der Waals surface area (Å²) in [6.07, 6.45) is 5.56. The van der Waals surface area contributed by atoms with Crippen LogP contribution in [0.2, 0.25) is 0 Å². The standard InChI is InChI=1S/C31H35FN2O2/c1-23-10-16-27(17-11-23)34(30(35)24-12-14-26(32)15-13-24)28-18-21-33(22-19-28)29-9-5-6-20-31(29,36)25-7-3-2-4-8-25/h2-4,7-8,10-17,28-29,36H,5-6,9,18-22H2,1H3/t29-,31+/m1/s1. The molecule has 4 nitrogen and oxygen atoms in total. The van der Waals surface area contributed by atoms with Crippen LogP contribution in [0.3, 0.4) is 0 Å². The molecule has 5 heteroatoms. The number of piperidine rings is 1. The number of carbonyl (C=O) groups excluding carboxylic acids is 1. The summed E-state index contributed by atoms with van der Waals surface area (Å²) in [5, 5.41) is 11.9. The average Bonchev–Trinajstić information content (AvgIpc) is 2.91. The van der Waals surface area contributed by atoms with Gasteiger partial charge in [-0.2, -0.15) is 0 Å². The maximum Gasteiger partial charge on any atom is 0.258 e. The topological polar surface area (TPSA) is 43.8 Å². The summed E-state index contributed by atoms with van der Waals surface area (Å²) >= 11 is 0. The van der Waals surface area contributed by atoms with Crippen LogP contribution in [0, 0.1) is 12.7 Å². The van der Waals surface area contributed by atoms with E-state index in [1.807, 2.05) is 66.4 Å². The number of benzene rings is 3. The first-order chi connectivity index (χ1) is 17.5. The van der Waals surface area contributed by atoms with Gasteiger partial charge >= 0.3 is 0 Å². The van der Waals surface area contributed by atoms with Gasteiger partial charge in [0.25, 0.3) is 5.91 Å². The van der Waals surface area contributed by atoms with Crippen molar-refractivity contribution in [1.29, 1.82) is 0 Å². The Morgan fingerprint density at radius 2 is 1.58 bits per heavy atom. The Morgan fingerprint density at radius 3 is 2.25 bits per heavy atom. The number of aliphatic hydroxyl groups is 1. The molecule has 3 aromatic rings. The van der Waals surface area contributed by atoms with E-state index in [1.165, 1.54) is 12.1 Å². The lowest BCUT2D eigenvalue weighted by atomic mass is 9.74. The molecule has 0 unspecified atom stereocenters. The highest BCUT2D eigenvalue weighted by Crippen LogP contribution is 2.41. The monoisotopic (exact) mass is 486 g/mol. The molecule has 1 aliphatic heterocycles. The van der Waals surface area contributed by atoms with Gasteiger partial charge in [-0.1, -0.05) is 60.9 Å². The van der Waals surface area contributed by atoms with Crippen LogP contribution in [0.1, 0.15) is 60.0 Å². The largest absolute Gasteiger partial charge is 0.384 e. The van der Waals surface area contributed by atoms with Crippen LogP contribution >= 0.6 is 0 Å². The van der Waals surface area contributed by atoms with E-state index in [0.29, 0.717) is 5.56 Å². The minimum Gasteiger partial charge on any atom is -0.384 e. The third kappa shape index (κ3) is 4.95. The van der Waals surface area contributed by atoms with E-state index in [-0.39, 0.29) is 23.8 Å². The predicted octanol–water partition coefficient (Wildman–Crippen LogP) is 6.08. The van der Waals surface area contributed by atoms with Crippen molar-refractivity contribution in [2.75, 3.05) is 18.0 Å². The summed E-state index contributed by atoms with van der Waals surface area (Å²) in [5.41, 5.74) is 2.66. The third-order valence-electron chi connectivity index (χ3n) is 8.04. The zero-order valence-electron chi connectivity index (χ0n) is 20.9. The molecule has 1 heterocycles. The SMILES string of the molecule is Cc1ccc(N(C(=O)c2ccc(F)cc2)C2CCN([C@@H]3CCCC[C@]3(O)c3ccccc3)CC2)cc1. The fourth-order valence-electron chi connectivity index (χ4n) is 6.07. The minimum atomic E-state index is -0.840. The number of nitrogens with zero attached hydrogens (tertiary/aromatic N) is 2. The highest BCUT2D eigenvalue weighted by Gasteiger charge is 2.44. The Bertz CT molecular complexity index is 1160. The molecule has 0 bridgehead atoms. The number of halogens is 1. The second kappa shape index (κ2) is 10.5. The second-order valence-corrected chi connectivity index (χ2v) is 10.3. The lowest BCUT2D eigenvalue weighted by Gasteiger charge is -2.49. The Kier molecular flexibility index (Phi) is 7.22. The van der Waals surface area contributed by atoms with E-state index in [2.05, 4.69) is 4.90 Å². The molecular weight excluding hydrogens is 451 g/mol. The molecule has 36 heavy (non-hydrogen) atoms. The summed E-state index contributed by atoms with van der Waals surface area (Å²) < 4.78 is 13.5. The van der Waals surface area contributed by atoms with E-state index in [4.69, 9.17) is 0 Å². The maximum absolute atomic E-state index is 13.7. The van der Waals surface area contributed by atoms with E-state index in [0.717, 1.165) is 68.4 Å². The van der Waals surface area contributed by atoms with Crippen molar-refractivity contribution in [3.63, 3.8) is 0 Å². The summed E-state index contributed by atoms with van der Waals surface area (Å²) in [7, 11) is 0. The summed E-state index contributed by atoms with van der Waals surface area (Å²) in [4.78, 5) is 18.0. The molecule has 2 aliphatic rings. The fraction of sp³-hybridized carbons (Fsp3) is 0.387. The zero-order valence-corrected chi connectivity index (χ0v) is 20.9. The van der Waals surface area contributed by atoms with Crippen molar-refractivity contribution in [3.8, 4) is 0 Å². The molecule has 1 N–H and O–H groups in total. The highest BCUT2D eigenvalue weighted by atomic mass is 19.1. The quantitative estimate of drug-likeness (QED) is 0.476. The van der Waals surface area contributed by atoms with Crippen molar-refractivity contribution < 1.29 is 14.3 Å². The molecule has 5 rings (SSSR count). The fourth-order valence-corrected chi connectivity index (χ4v) is 6.07. The molecule has 2 atom stereocenters. The number of hydrogen-bond acceptors (Lipinski definition) is 3. The Morgan fingerprint density at radius 1 is 0.917 bits per heavy atom. The lowest BCUT2D eigenvalue weighted by Crippen LogP contribution is -2.57. The van der Waals surface area contributed by atoms with E-state index < -0.39 is 5.60 Å². The Hall–Kier alpha value is -3.02. The van der Waals surface area contributed by atoms with Crippen LogP contribution in [0.4, 0.5) is 10.1 Å². The number of aryl methyl sites for hydroxylation is 1. The van der Waals surface area contributed by atoms with E-state index >= 15 is 0 Å². The maximum atomic E-state index is 13.7. The van der Waals surface area contributed by atoms with Gasteiger partial charge in [-0.05, 0) is 74.6 Å². The second-order valence-electron chi connectivity index (χ2n) is 10.3. The van der Waals surface area contributed by atoms with Crippen molar-refractivity contribution in [2.45, 2.75) is 63.1 Å². The van der Waals surface area contributed by atoms with Gasteiger partial charge in [0.2, 0.25) is 0 Å².